The van der Waals surface area contributed by atoms with Gasteiger partial charge in [0.15, 0.2) is 0 Å². The summed E-state index contributed by atoms with van der Waals surface area (Å²) >= 11 is 0. The van der Waals surface area contributed by atoms with Gasteiger partial charge in [0.1, 0.15) is 5.82 Å². The zero-order valence-corrected chi connectivity index (χ0v) is 52.0. The second-order valence-corrected chi connectivity index (χ2v) is 28.1. The summed E-state index contributed by atoms with van der Waals surface area (Å²) in [5.74, 6) is 3.50. The van der Waals surface area contributed by atoms with Crippen LogP contribution in [0, 0.1) is 12.1 Å². The van der Waals surface area contributed by atoms with Crippen LogP contribution in [0.5, 0.6) is 11.5 Å². The number of amidine groups is 1. The summed E-state index contributed by atoms with van der Waals surface area (Å²) in [7, 11) is 0. The molecule has 0 bridgehead atoms. The summed E-state index contributed by atoms with van der Waals surface area (Å²) in [4.78, 5) is 13.8. The summed E-state index contributed by atoms with van der Waals surface area (Å²) in [6.45, 7) is 46.0. The van der Waals surface area contributed by atoms with Crippen molar-refractivity contribution in [2.45, 2.75) is 189 Å². The Bertz CT molecular complexity index is 3600. The van der Waals surface area contributed by atoms with Crippen molar-refractivity contribution < 1.29 is 25.8 Å². The van der Waals surface area contributed by atoms with E-state index in [4.69, 9.17) is 14.7 Å². The van der Waals surface area contributed by atoms with Gasteiger partial charge in [-0.1, -0.05) is 216 Å². The Labute approximate surface area is 476 Å². The first-order chi connectivity index (χ1) is 35.3. The Morgan fingerprint density at radius 2 is 1.10 bits per heavy atom. The molecule has 0 saturated carbocycles. The fraction of sp³-hybridized carbons (Fsp3) is 0.408. The first-order valence-electron chi connectivity index (χ1n) is 27.9. The second-order valence-electron chi connectivity index (χ2n) is 28.1. The molecule has 1 aliphatic carbocycles. The molecule has 1 aliphatic heterocycles. The predicted molar refractivity (Wildman–Crippen MR) is 322 cm³/mol. The third-order valence-electron chi connectivity index (χ3n) is 16.4. The van der Waals surface area contributed by atoms with Crippen LogP contribution in [0.25, 0.3) is 38.8 Å². The first kappa shape index (κ1) is 56.0. The number of anilines is 1. The average Bonchev–Trinajstić information content (AvgIpc) is 3.87. The standard InChI is InChI=1S/C71H82N4O.Pt/c1-42(2)52-22-21-23-53(43(3)4)63(52)75-64-55-28-24-45(66(5,6)7)37-56(55)57-38-46(67(8,9)10)25-30-59(57)71(64,20)73-65(75)44-34-49(70(17,18)19)36-51(35-44)76-50-27-29-54-58-39-47(68(11,12)13)26-31-60(58)74(61(54)41-50)62-40-48(32-33-72-62)69(14,15)16;/h21-34,36-40,42-43,64H,1-20H3;/q-2;+2/t64-,71+;/m0./s1. The van der Waals surface area contributed by atoms with E-state index in [2.05, 4.69) is 269 Å². The Kier molecular flexibility index (Phi) is 14.0. The topological polar surface area (TPSA) is 42.6 Å². The third kappa shape index (κ3) is 9.95. The number of aliphatic imine (C=N–C) groups is 1. The second kappa shape index (κ2) is 19.3. The van der Waals surface area contributed by atoms with Crippen molar-refractivity contribution in [2.75, 3.05) is 4.90 Å². The molecule has 5 nitrogen and oxygen atoms in total. The van der Waals surface area contributed by atoms with Crippen molar-refractivity contribution in [3.63, 3.8) is 0 Å². The number of nitrogens with zero attached hydrogens (tertiary/aromatic N) is 4. The van der Waals surface area contributed by atoms with Crippen LogP contribution in [0.15, 0.2) is 120 Å². The zero-order chi connectivity index (χ0) is 55.0. The maximum Gasteiger partial charge on any atom is 2.00 e. The van der Waals surface area contributed by atoms with Crippen molar-refractivity contribution in [1.82, 2.24) is 9.55 Å². The normalized spacial score (nSPS) is 16.9. The van der Waals surface area contributed by atoms with E-state index in [1.807, 2.05) is 6.20 Å². The monoisotopic (exact) mass is 1200 g/mol. The molecule has 0 spiro atoms. The summed E-state index contributed by atoms with van der Waals surface area (Å²) in [5, 5.41) is 2.27. The number of pyridine rings is 1. The van der Waals surface area contributed by atoms with E-state index in [0.29, 0.717) is 11.5 Å². The minimum Gasteiger partial charge on any atom is -0.503 e. The molecule has 3 heterocycles. The fourth-order valence-corrected chi connectivity index (χ4v) is 11.7. The van der Waals surface area contributed by atoms with Gasteiger partial charge in [-0.25, -0.2) is 4.98 Å². The molecule has 0 saturated heterocycles. The van der Waals surface area contributed by atoms with Gasteiger partial charge in [0, 0.05) is 28.9 Å². The maximum atomic E-state index is 7.16. The van der Waals surface area contributed by atoms with Gasteiger partial charge >= 0.3 is 21.1 Å². The largest absolute Gasteiger partial charge is 2.00 e. The van der Waals surface area contributed by atoms with Crippen LogP contribution < -0.4 is 9.64 Å². The molecule has 0 fully saturated rings. The number of para-hydroxylation sites is 1. The van der Waals surface area contributed by atoms with Crippen molar-refractivity contribution >= 4 is 33.3 Å². The number of benzene rings is 6. The molecule has 2 aromatic heterocycles. The fourth-order valence-electron chi connectivity index (χ4n) is 11.7. The molecule has 2 aliphatic rings. The van der Waals surface area contributed by atoms with Crippen LogP contribution in [0.3, 0.4) is 0 Å². The molecule has 402 valence electrons. The van der Waals surface area contributed by atoms with E-state index in [-0.39, 0.29) is 66.0 Å². The smallest absolute Gasteiger partial charge is 0.503 e. The molecule has 10 rings (SSSR count). The number of hydrogen-bond acceptors (Lipinski definition) is 4. The number of hydrogen-bond donors (Lipinski definition) is 0. The maximum absolute atomic E-state index is 7.16. The summed E-state index contributed by atoms with van der Waals surface area (Å²) in [6.07, 6.45) is 1.94. The van der Waals surface area contributed by atoms with Crippen LogP contribution in [0.2, 0.25) is 0 Å². The molecule has 0 N–H and O–H groups in total. The van der Waals surface area contributed by atoms with Gasteiger partial charge < -0.3 is 19.2 Å². The zero-order valence-electron chi connectivity index (χ0n) is 49.7. The van der Waals surface area contributed by atoms with Gasteiger partial charge in [-0.3, -0.25) is 0 Å². The predicted octanol–water partition coefficient (Wildman–Crippen LogP) is 19.2. The first-order valence-corrected chi connectivity index (χ1v) is 27.9. The number of fused-ring (bicyclic) bond motifs is 9. The summed E-state index contributed by atoms with van der Waals surface area (Å²) in [5.41, 5.74) is 17.1. The number of ether oxygens (including phenoxy) is 1. The molecule has 77 heavy (non-hydrogen) atoms. The molecule has 6 aromatic carbocycles. The van der Waals surface area contributed by atoms with Crippen molar-refractivity contribution in [1.29, 1.82) is 0 Å². The Morgan fingerprint density at radius 3 is 1.70 bits per heavy atom. The number of aromatic nitrogens is 2. The van der Waals surface area contributed by atoms with Crippen LogP contribution in [-0.4, -0.2) is 15.4 Å². The van der Waals surface area contributed by atoms with Crippen LogP contribution in [0.4, 0.5) is 5.69 Å². The van der Waals surface area contributed by atoms with Crippen LogP contribution in [0.1, 0.15) is 212 Å². The van der Waals surface area contributed by atoms with Crippen molar-refractivity contribution in [3.8, 4) is 28.4 Å². The Balaban J connectivity index is 0.00000722. The van der Waals surface area contributed by atoms with Crippen LogP contribution >= 0.6 is 0 Å². The summed E-state index contributed by atoms with van der Waals surface area (Å²) < 4.78 is 9.42. The molecule has 0 amide bonds. The van der Waals surface area contributed by atoms with Gasteiger partial charge in [0.2, 0.25) is 0 Å². The Morgan fingerprint density at radius 1 is 0.545 bits per heavy atom. The third-order valence-corrected chi connectivity index (χ3v) is 16.4. The summed E-state index contributed by atoms with van der Waals surface area (Å²) in [6, 6.07) is 49.0. The minimum atomic E-state index is -0.667. The molecule has 2 atom stereocenters. The molecular weight excluding hydrogens is 1120 g/mol. The van der Waals surface area contributed by atoms with E-state index in [0.717, 1.165) is 39.2 Å². The quantitative estimate of drug-likeness (QED) is 0.149. The van der Waals surface area contributed by atoms with Gasteiger partial charge in [-0.2, -0.15) is 6.07 Å². The molecule has 6 heteroatoms. The molecule has 0 unspecified atom stereocenters. The van der Waals surface area contributed by atoms with Gasteiger partial charge in [0.25, 0.3) is 0 Å². The van der Waals surface area contributed by atoms with E-state index >= 15 is 0 Å². The SMILES string of the molecule is CC(C)c1cccc(C(C)C)c1N1C(c2[c-]c(Oc3[c-]c4c(cc3)c3cc(C(C)(C)C)ccc3n4-c3cc(C(C)(C)C)ccn3)cc(C(C)(C)C)c2)=N[C@]2(C)c3ccc(C(C)(C)C)cc3-c3cc(C(C)(C)C)ccc3[C@H]12.[Pt+2]. The minimum absolute atomic E-state index is 0. The van der Waals surface area contributed by atoms with Crippen molar-refractivity contribution in [2.24, 2.45) is 4.99 Å². The van der Waals surface area contributed by atoms with Crippen molar-refractivity contribution in [3.05, 3.63) is 183 Å². The molecule has 0 radical (unpaired) electrons. The molecule has 8 aromatic rings. The van der Waals surface area contributed by atoms with E-state index in [9.17, 15) is 0 Å². The molecular formula is C71H82N4OPt. The van der Waals surface area contributed by atoms with Crippen LogP contribution in [-0.2, 0) is 53.7 Å². The Hall–Kier alpha value is -5.77. The van der Waals surface area contributed by atoms with Gasteiger partial charge in [-0.05, 0) is 125 Å². The van der Waals surface area contributed by atoms with Gasteiger partial charge in [-0.15, -0.1) is 34.7 Å². The van der Waals surface area contributed by atoms with E-state index < -0.39 is 5.54 Å². The van der Waals surface area contributed by atoms with E-state index in [1.54, 1.807) is 0 Å². The van der Waals surface area contributed by atoms with Gasteiger partial charge in [0.05, 0.1) is 17.4 Å². The number of rotatable bonds is 7. The van der Waals surface area contributed by atoms with E-state index in [1.165, 1.54) is 66.7 Å². The average molecular weight is 1200 g/mol.